The molecular weight excluding hydrogens is 617 g/mol. The lowest BCUT2D eigenvalue weighted by Gasteiger charge is -2.22. The summed E-state index contributed by atoms with van der Waals surface area (Å²) in [7, 11) is 0. The molecule has 0 radical (unpaired) electrons. The molecule has 11 rings (SSSR count). The van der Waals surface area contributed by atoms with Crippen LogP contribution in [0.3, 0.4) is 0 Å². The van der Waals surface area contributed by atoms with E-state index in [9.17, 15) is 4.11 Å². The van der Waals surface area contributed by atoms with E-state index in [2.05, 4.69) is 60.7 Å². The Bertz CT molecular complexity index is 3660. The van der Waals surface area contributed by atoms with E-state index in [0.717, 1.165) is 65.3 Å². The first-order valence-electron chi connectivity index (χ1n) is 21.4. The van der Waals surface area contributed by atoms with Crippen LogP contribution in [-0.2, 0) is 0 Å². The van der Waals surface area contributed by atoms with Crippen molar-refractivity contribution in [2.45, 2.75) is 0 Å². The molecular formula is C50H30O. The molecule has 0 saturated carbocycles. The van der Waals surface area contributed by atoms with Crippen molar-refractivity contribution in [2.24, 2.45) is 0 Å². The minimum absolute atomic E-state index is 0.0460. The fourth-order valence-corrected chi connectivity index (χ4v) is 8.00. The molecule has 0 unspecified atom stereocenters. The molecule has 0 aliphatic heterocycles. The van der Waals surface area contributed by atoms with E-state index in [1.807, 2.05) is 66.7 Å². The summed E-state index contributed by atoms with van der Waals surface area (Å²) in [6.07, 6.45) is 0. The van der Waals surface area contributed by atoms with Crippen molar-refractivity contribution in [3.63, 3.8) is 0 Å². The molecule has 11 aromatic rings. The summed E-state index contributed by atoms with van der Waals surface area (Å²) >= 11 is 0. The third kappa shape index (κ3) is 4.16. The van der Waals surface area contributed by atoms with Crippen molar-refractivity contribution in [3.8, 4) is 33.4 Å². The molecule has 1 heterocycles. The molecule has 0 bridgehead atoms. The molecule has 0 atom stereocenters. The summed E-state index contributed by atoms with van der Waals surface area (Å²) in [4.78, 5) is 0. The van der Waals surface area contributed by atoms with Crippen LogP contribution in [0.1, 0.15) is 12.3 Å². The molecule has 51 heavy (non-hydrogen) atoms. The Balaban J connectivity index is 1.36. The predicted molar refractivity (Wildman–Crippen MR) is 218 cm³/mol. The van der Waals surface area contributed by atoms with Gasteiger partial charge >= 0.3 is 0 Å². The van der Waals surface area contributed by atoms with E-state index < -0.39 is 36.3 Å². The highest BCUT2D eigenvalue weighted by Gasteiger charge is 2.23. The first kappa shape index (κ1) is 20.7. The normalized spacial score (nSPS) is 14.4. The molecule has 0 spiro atoms. The Morgan fingerprint density at radius 2 is 0.922 bits per heavy atom. The van der Waals surface area contributed by atoms with Gasteiger partial charge in [-0.05, 0) is 105 Å². The second kappa shape index (κ2) is 10.9. The Kier molecular flexibility index (Phi) is 4.43. The van der Waals surface area contributed by atoms with Gasteiger partial charge in [0.2, 0.25) is 0 Å². The maximum atomic E-state index is 9.63. The largest absolute Gasteiger partial charge is 0.456 e. The first-order valence-corrected chi connectivity index (χ1v) is 16.9. The quantitative estimate of drug-likeness (QED) is 0.173. The number of benzene rings is 10. The monoisotopic (exact) mass is 655 g/mol. The van der Waals surface area contributed by atoms with Gasteiger partial charge in [-0.2, -0.15) is 0 Å². The van der Waals surface area contributed by atoms with Crippen molar-refractivity contribution in [1.29, 1.82) is 0 Å². The Morgan fingerprint density at radius 1 is 0.333 bits per heavy atom. The van der Waals surface area contributed by atoms with Crippen LogP contribution in [0, 0.1) is 0 Å². The number of fused-ring (bicyclic) bond motifs is 8. The molecule has 1 heteroatoms. The zero-order chi connectivity index (χ0) is 41.3. The van der Waals surface area contributed by atoms with Crippen molar-refractivity contribution >= 4 is 75.8 Å². The number of hydrogen-bond donors (Lipinski definition) is 0. The van der Waals surface area contributed by atoms with Crippen molar-refractivity contribution in [3.05, 3.63) is 182 Å². The summed E-state index contributed by atoms with van der Waals surface area (Å²) < 4.78 is 87.1. The Hall–Kier alpha value is -6.70. The third-order valence-corrected chi connectivity index (χ3v) is 10.1. The van der Waals surface area contributed by atoms with Crippen LogP contribution < -0.4 is 0 Å². The maximum absolute atomic E-state index is 9.63. The highest BCUT2D eigenvalue weighted by Crippen LogP contribution is 2.50. The average molecular weight is 656 g/mol. The molecule has 1 nitrogen and oxygen atoms in total. The highest BCUT2D eigenvalue weighted by molar-refractivity contribution is 6.28. The molecule has 0 aliphatic rings. The number of hydrogen-bond acceptors (Lipinski definition) is 1. The lowest BCUT2D eigenvalue weighted by molar-refractivity contribution is 0.669. The van der Waals surface area contributed by atoms with Gasteiger partial charge in [-0.25, -0.2) is 0 Å². The van der Waals surface area contributed by atoms with Gasteiger partial charge in [0.1, 0.15) is 11.2 Å². The van der Waals surface area contributed by atoms with E-state index >= 15 is 0 Å². The zero-order valence-corrected chi connectivity index (χ0v) is 27.0. The predicted octanol–water partition coefficient (Wildman–Crippen LogP) is 14.4. The topological polar surface area (TPSA) is 13.1 Å². The van der Waals surface area contributed by atoms with E-state index in [-0.39, 0.29) is 56.4 Å². The highest BCUT2D eigenvalue weighted by atomic mass is 16.3. The maximum Gasteiger partial charge on any atom is 0.136 e. The molecule has 0 saturated heterocycles. The van der Waals surface area contributed by atoms with Crippen LogP contribution in [0.15, 0.2) is 186 Å². The van der Waals surface area contributed by atoms with Crippen LogP contribution in [0.5, 0.6) is 0 Å². The zero-order valence-electron chi connectivity index (χ0n) is 36.0. The van der Waals surface area contributed by atoms with Crippen molar-refractivity contribution in [2.75, 3.05) is 0 Å². The van der Waals surface area contributed by atoms with Gasteiger partial charge in [0.05, 0.1) is 12.3 Å². The lowest BCUT2D eigenvalue weighted by atomic mass is 9.81. The van der Waals surface area contributed by atoms with E-state index in [1.54, 1.807) is 0 Å². The van der Waals surface area contributed by atoms with Crippen LogP contribution in [0.2, 0.25) is 0 Å². The molecule has 0 aliphatic carbocycles. The van der Waals surface area contributed by atoms with Gasteiger partial charge in [-0.15, -0.1) is 0 Å². The van der Waals surface area contributed by atoms with Gasteiger partial charge in [-0.3, -0.25) is 0 Å². The standard InChI is InChI=1S/C50H30O/c1-2-16-34-30-46-44(29-33(34)15-1)48-40(25-12-26-45(48)51-46)43-28-27-32-14-4-6-19-36(32)49(43)50-41-22-9-7-20-38(41)47(39-21-8-10-23-42(39)50)37-24-11-17-31-13-3-5-18-35(31)37/h1-30H/i1D,2D,12D,15D,16D,25D,26D,29D,30D. The minimum atomic E-state index is -0.536. The van der Waals surface area contributed by atoms with E-state index in [1.165, 1.54) is 0 Å². The fourth-order valence-electron chi connectivity index (χ4n) is 8.00. The van der Waals surface area contributed by atoms with Gasteiger partial charge in [0, 0.05) is 10.8 Å². The van der Waals surface area contributed by atoms with E-state index in [4.69, 9.17) is 12.6 Å². The Labute approximate surface area is 307 Å². The van der Waals surface area contributed by atoms with Crippen molar-refractivity contribution < 1.29 is 16.8 Å². The first-order chi connectivity index (χ1) is 29.1. The van der Waals surface area contributed by atoms with Gasteiger partial charge in [0.25, 0.3) is 0 Å². The average Bonchev–Trinajstić information content (AvgIpc) is 3.68. The lowest BCUT2D eigenvalue weighted by Crippen LogP contribution is -1.94. The molecule has 0 N–H and O–H groups in total. The van der Waals surface area contributed by atoms with Crippen LogP contribution in [0.4, 0.5) is 0 Å². The summed E-state index contributed by atoms with van der Waals surface area (Å²) in [6.45, 7) is 0. The van der Waals surface area contributed by atoms with Crippen molar-refractivity contribution in [1.82, 2.24) is 0 Å². The van der Waals surface area contributed by atoms with Gasteiger partial charge in [0.15, 0.2) is 0 Å². The fraction of sp³-hybridized carbons (Fsp3) is 0. The second-order valence-electron chi connectivity index (χ2n) is 12.8. The van der Waals surface area contributed by atoms with Gasteiger partial charge < -0.3 is 4.42 Å². The second-order valence-corrected chi connectivity index (χ2v) is 12.8. The molecule has 1 aromatic heterocycles. The summed E-state index contributed by atoms with van der Waals surface area (Å²) in [5.41, 5.74) is 4.36. The third-order valence-electron chi connectivity index (χ3n) is 10.1. The summed E-state index contributed by atoms with van der Waals surface area (Å²) in [6, 6.07) is 39.4. The van der Waals surface area contributed by atoms with E-state index in [0.29, 0.717) is 5.56 Å². The van der Waals surface area contributed by atoms with Crippen LogP contribution in [0.25, 0.3) is 109 Å². The molecule has 10 aromatic carbocycles. The van der Waals surface area contributed by atoms with Crippen LogP contribution >= 0.6 is 0 Å². The smallest absolute Gasteiger partial charge is 0.136 e. The summed E-state index contributed by atoms with van der Waals surface area (Å²) in [5, 5.41) is 7.89. The molecule has 0 amide bonds. The minimum Gasteiger partial charge on any atom is -0.456 e. The Morgan fingerprint density at radius 3 is 1.65 bits per heavy atom. The number of rotatable bonds is 3. The molecule has 0 fully saturated rings. The SMILES string of the molecule is [2H]c1c([2H])c(-c2ccc3ccccc3c2-c2c3ccccc3c(-c3cccc4ccccc34)c3ccccc23)c2c(oc3c([2H])c4c([2H])c([2H])c([2H])c([2H])c4c([2H])c32)c1[2H]. The van der Waals surface area contributed by atoms with Crippen LogP contribution in [-0.4, -0.2) is 0 Å². The summed E-state index contributed by atoms with van der Waals surface area (Å²) in [5.74, 6) is 0. The number of furan rings is 1. The van der Waals surface area contributed by atoms with Gasteiger partial charge in [-0.1, -0.05) is 164 Å². The molecule has 236 valence electrons.